The highest BCUT2D eigenvalue weighted by molar-refractivity contribution is 7.89. The molecular formula is C35H39N3O6S. The number of benzene rings is 1. The second-order valence-corrected chi connectivity index (χ2v) is 15.5. The summed E-state index contributed by atoms with van der Waals surface area (Å²) in [5.74, 6) is 0.151. The Morgan fingerprint density at radius 3 is 2.44 bits per heavy atom. The molecule has 2 amide bonds. The largest absolute Gasteiger partial charge is 0.496 e. The SMILES string of the molecule is COc1ccc(C2CCCCC2)c2c1cc1n2CC2=C(C(=O)NS(C)(=O)=O)C2=C2C=CC[C@@H](C(=O)N3C4CCC3CC(=O)C4)C21. The van der Waals surface area contributed by atoms with Gasteiger partial charge in [0.1, 0.15) is 11.5 Å². The standard InChI is InChI=1S/C35H39N3O6S/c1-44-29-14-13-23(19-7-4-3-5-8-19)33-26(29)17-28-30-24(31-27(18-37(28)33)32(31)34(40)36-45(2,42)43)9-6-10-25(30)35(41)38-20-11-12-21(38)16-22(39)15-20/h6,9,13-14,17,19-21,25,30H,3-5,7-8,10-12,15-16,18H2,1-2H3,(H,36,40)/t20?,21?,25-,30?/m1/s1. The van der Waals surface area contributed by atoms with Gasteiger partial charge in [-0.1, -0.05) is 37.5 Å². The fourth-order valence-electron chi connectivity index (χ4n) is 9.25. The Morgan fingerprint density at radius 1 is 1.02 bits per heavy atom. The van der Waals surface area contributed by atoms with Gasteiger partial charge in [-0.25, -0.2) is 13.1 Å². The molecule has 2 bridgehead atoms. The first kappa shape index (κ1) is 28.8. The molecule has 2 aromatic rings. The van der Waals surface area contributed by atoms with Crippen molar-refractivity contribution in [1.29, 1.82) is 0 Å². The number of carbonyl (C=O) groups excluding carboxylic acids is 3. The van der Waals surface area contributed by atoms with Crippen LogP contribution in [0.25, 0.3) is 10.9 Å². The minimum Gasteiger partial charge on any atom is -0.496 e. The number of rotatable bonds is 5. The zero-order chi connectivity index (χ0) is 31.2. The molecule has 4 heterocycles. The number of ketones is 1. The van der Waals surface area contributed by atoms with Gasteiger partial charge in [-0.3, -0.25) is 14.4 Å². The summed E-state index contributed by atoms with van der Waals surface area (Å²) in [6, 6.07) is 6.34. The summed E-state index contributed by atoms with van der Waals surface area (Å²) in [6.07, 6.45) is 14.0. The van der Waals surface area contributed by atoms with Crippen molar-refractivity contribution < 1.29 is 27.5 Å². The van der Waals surface area contributed by atoms with Crippen molar-refractivity contribution in [2.24, 2.45) is 5.92 Å². The number of sulfonamides is 1. The topological polar surface area (TPSA) is 115 Å². The van der Waals surface area contributed by atoms with Gasteiger partial charge in [-0.05, 0) is 72.4 Å². The molecular weight excluding hydrogens is 590 g/mol. The lowest BCUT2D eigenvalue weighted by atomic mass is 9.75. The van der Waals surface area contributed by atoms with Crippen LogP contribution < -0.4 is 9.46 Å². The Balaban J connectivity index is 1.31. The second-order valence-electron chi connectivity index (χ2n) is 13.8. The molecule has 10 heteroatoms. The van der Waals surface area contributed by atoms with Crippen molar-refractivity contribution in [1.82, 2.24) is 14.2 Å². The minimum absolute atomic E-state index is 0.0499. The van der Waals surface area contributed by atoms with E-state index in [1.54, 1.807) is 7.11 Å². The number of carbonyl (C=O) groups is 3. The smallest absolute Gasteiger partial charge is 0.265 e. The summed E-state index contributed by atoms with van der Waals surface area (Å²) in [5.41, 5.74) is 6.30. The number of piperidine rings is 1. The molecule has 6 aliphatic rings. The van der Waals surface area contributed by atoms with Crippen LogP contribution in [-0.4, -0.2) is 60.9 Å². The van der Waals surface area contributed by atoms with Crippen molar-refractivity contribution >= 4 is 38.5 Å². The van der Waals surface area contributed by atoms with Crippen molar-refractivity contribution in [3.05, 3.63) is 63.9 Å². The molecule has 0 radical (unpaired) electrons. The molecule has 1 N–H and O–H groups in total. The van der Waals surface area contributed by atoms with Gasteiger partial charge in [-0.15, -0.1) is 0 Å². The summed E-state index contributed by atoms with van der Waals surface area (Å²) >= 11 is 0. The number of hydrogen-bond acceptors (Lipinski definition) is 6. The van der Waals surface area contributed by atoms with E-state index in [1.807, 2.05) is 17.1 Å². The van der Waals surface area contributed by atoms with E-state index >= 15 is 0 Å². The van der Waals surface area contributed by atoms with Gasteiger partial charge < -0.3 is 14.2 Å². The first-order valence-electron chi connectivity index (χ1n) is 16.3. The average Bonchev–Trinajstić information content (AvgIpc) is 3.55. The maximum absolute atomic E-state index is 14.6. The highest BCUT2D eigenvalue weighted by Crippen LogP contribution is 2.55. The number of nitrogens with one attached hydrogen (secondary N) is 1. The number of hydrogen-bond donors (Lipinski definition) is 1. The Labute approximate surface area is 263 Å². The summed E-state index contributed by atoms with van der Waals surface area (Å²) in [4.78, 5) is 42.4. The van der Waals surface area contributed by atoms with Crippen LogP contribution in [0.2, 0.25) is 0 Å². The van der Waals surface area contributed by atoms with Gasteiger partial charge in [0.2, 0.25) is 15.9 Å². The molecule has 8 rings (SSSR count). The third kappa shape index (κ3) is 4.62. The number of aromatic nitrogens is 1. The minimum atomic E-state index is -3.76. The van der Waals surface area contributed by atoms with E-state index in [4.69, 9.17) is 4.74 Å². The Hall–Kier alpha value is -3.66. The Bertz CT molecular complexity index is 1860. The van der Waals surface area contributed by atoms with Crippen LogP contribution >= 0.6 is 0 Å². The fraction of sp³-hybridized carbons (Fsp3) is 0.514. The molecule has 3 unspecified atom stereocenters. The van der Waals surface area contributed by atoms with Gasteiger partial charge in [0, 0.05) is 48.5 Å². The van der Waals surface area contributed by atoms with Crippen LogP contribution in [0.5, 0.6) is 5.75 Å². The van der Waals surface area contributed by atoms with E-state index in [-0.39, 0.29) is 29.7 Å². The summed E-state index contributed by atoms with van der Waals surface area (Å²) in [7, 11) is -2.08. The van der Waals surface area contributed by atoms with Crippen LogP contribution in [0.3, 0.4) is 0 Å². The van der Waals surface area contributed by atoms with E-state index in [0.29, 0.717) is 37.3 Å². The molecule has 1 aromatic heterocycles. The number of Topliss-reactive ketones (excluding diaryl/α,β-unsaturated/α-hetero) is 1. The summed E-state index contributed by atoms with van der Waals surface area (Å²) in [6.45, 7) is 0.422. The average molecular weight is 630 g/mol. The number of ether oxygens (including phenoxy) is 1. The van der Waals surface area contributed by atoms with Crippen molar-refractivity contribution in [3.63, 3.8) is 0 Å². The van der Waals surface area contributed by atoms with E-state index in [1.165, 1.54) is 24.8 Å². The lowest BCUT2D eigenvalue weighted by molar-refractivity contribution is -0.143. The van der Waals surface area contributed by atoms with Crippen molar-refractivity contribution in [3.8, 4) is 5.75 Å². The molecule has 3 aliphatic heterocycles. The van der Waals surface area contributed by atoms with Crippen LogP contribution in [-0.2, 0) is 31.0 Å². The third-order valence-electron chi connectivity index (χ3n) is 11.1. The first-order valence-corrected chi connectivity index (χ1v) is 18.2. The van der Waals surface area contributed by atoms with Crippen LogP contribution in [0, 0.1) is 5.92 Å². The summed E-state index contributed by atoms with van der Waals surface area (Å²) in [5, 5.41) is 1.01. The normalized spacial score (nSPS) is 27.7. The zero-order valence-corrected chi connectivity index (χ0v) is 26.6. The highest BCUT2D eigenvalue weighted by Gasteiger charge is 2.51. The van der Waals surface area contributed by atoms with Gasteiger partial charge in [0.05, 0.1) is 30.4 Å². The molecule has 2 saturated heterocycles. The monoisotopic (exact) mass is 629 g/mol. The third-order valence-corrected chi connectivity index (χ3v) is 11.7. The predicted molar refractivity (Wildman–Crippen MR) is 169 cm³/mol. The molecule has 236 valence electrons. The maximum Gasteiger partial charge on any atom is 0.265 e. The van der Waals surface area contributed by atoms with E-state index in [9.17, 15) is 22.8 Å². The molecule has 4 atom stereocenters. The molecule has 3 aliphatic carbocycles. The first-order chi connectivity index (χ1) is 21.6. The van der Waals surface area contributed by atoms with Crippen molar-refractivity contribution in [2.75, 3.05) is 13.4 Å². The lowest BCUT2D eigenvalue weighted by Crippen LogP contribution is -2.50. The van der Waals surface area contributed by atoms with Crippen molar-refractivity contribution in [2.45, 2.75) is 94.7 Å². The number of allylic oxidation sites excluding steroid dienone is 4. The number of fused-ring (bicyclic) bond motifs is 8. The fourth-order valence-corrected chi connectivity index (χ4v) is 9.69. The van der Waals surface area contributed by atoms with E-state index in [2.05, 4.69) is 27.5 Å². The summed E-state index contributed by atoms with van der Waals surface area (Å²) < 4.78 is 34.5. The Kier molecular flexibility index (Phi) is 6.68. The molecule has 0 spiro atoms. The van der Waals surface area contributed by atoms with Gasteiger partial charge >= 0.3 is 0 Å². The van der Waals surface area contributed by atoms with Gasteiger partial charge in [-0.2, -0.15) is 0 Å². The molecule has 1 aromatic carbocycles. The number of nitrogens with zero attached hydrogens (tertiary/aromatic N) is 2. The van der Waals surface area contributed by atoms with Crippen LogP contribution in [0.15, 0.2) is 52.6 Å². The van der Waals surface area contributed by atoms with Crippen LogP contribution in [0.1, 0.15) is 87.3 Å². The molecule has 3 fully saturated rings. The van der Waals surface area contributed by atoms with Crippen LogP contribution in [0.4, 0.5) is 0 Å². The lowest BCUT2D eigenvalue weighted by Gasteiger charge is -2.39. The second kappa shape index (κ2) is 10.4. The predicted octanol–water partition coefficient (Wildman–Crippen LogP) is 4.78. The van der Waals surface area contributed by atoms with E-state index in [0.717, 1.165) is 71.0 Å². The number of amides is 2. The van der Waals surface area contributed by atoms with E-state index < -0.39 is 21.8 Å². The van der Waals surface area contributed by atoms with Gasteiger partial charge in [0.25, 0.3) is 5.91 Å². The highest BCUT2D eigenvalue weighted by atomic mass is 32.2. The number of methoxy groups -OCH3 is 1. The quantitative estimate of drug-likeness (QED) is 0.510. The molecule has 1 saturated carbocycles. The zero-order valence-electron chi connectivity index (χ0n) is 25.8. The maximum atomic E-state index is 14.6. The Morgan fingerprint density at radius 2 is 1.76 bits per heavy atom. The van der Waals surface area contributed by atoms with Gasteiger partial charge in [0.15, 0.2) is 0 Å². The molecule has 9 nitrogen and oxygen atoms in total. The molecule has 45 heavy (non-hydrogen) atoms.